The average Bonchev–Trinajstić information content (AvgIpc) is 2.65. The first-order valence-corrected chi connectivity index (χ1v) is 12.9. The molecule has 0 radical (unpaired) electrons. The van der Waals surface area contributed by atoms with Gasteiger partial charge in [0.05, 0.1) is 10.5 Å². The second-order valence-electron chi connectivity index (χ2n) is 9.69. The van der Waals surface area contributed by atoms with Crippen LogP contribution in [0.1, 0.15) is 105 Å². The molecular weight excluding hydrogens is 364 g/mol. The number of benzene rings is 1. The molecule has 2 nitrogen and oxygen atoms in total. The summed E-state index contributed by atoms with van der Waals surface area (Å²) in [5, 5.41) is 0. The molecule has 0 aliphatic heterocycles. The molecule has 0 aromatic heterocycles. The number of aryl methyl sites for hydroxylation is 1. The first kappa shape index (κ1) is 25.2. The number of hydrogen-bond acceptors (Lipinski definition) is 2. The Labute approximate surface area is 175 Å². The lowest BCUT2D eigenvalue weighted by atomic mass is 9.69. The zero-order valence-electron chi connectivity index (χ0n) is 19.7. The van der Waals surface area contributed by atoms with Crippen molar-refractivity contribution in [1.82, 2.24) is 0 Å². The van der Waals surface area contributed by atoms with Gasteiger partial charge in [-0.3, -0.25) is 0 Å². The SMILES string of the molecule is CCC(C)(CC)C(CC)(CC)S(=O)(=O)CCCCc1ccc(C(C)(C)C)cc1. The van der Waals surface area contributed by atoms with Crippen molar-refractivity contribution < 1.29 is 8.42 Å². The summed E-state index contributed by atoms with van der Waals surface area (Å²) in [4.78, 5) is 0. The van der Waals surface area contributed by atoms with Crippen LogP contribution < -0.4 is 0 Å². The molecule has 0 atom stereocenters. The minimum Gasteiger partial charge on any atom is -0.228 e. The zero-order chi connectivity index (χ0) is 21.6. The predicted molar refractivity (Wildman–Crippen MR) is 124 cm³/mol. The fraction of sp³-hybridized carbons (Fsp3) is 0.760. The summed E-state index contributed by atoms with van der Waals surface area (Å²) in [6, 6.07) is 8.81. The van der Waals surface area contributed by atoms with E-state index in [-0.39, 0.29) is 10.8 Å². The molecule has 0 heterocycles. The third kappa shape index (κ3) is 5.20. The highest BCUT2D eigenvalue weighted by Gasteiger charge is 2.52. The van der Waals surface area contributed by atoms with Gasteiger partial charge in [-0.1, -0.05) is 79.7 Å². The van der Waals surface area contributed by atoms with Crippen molar-refractivity contribution in [2.45, 2.75) is 110 Å². The standard InChI is InChI=1S/C25H44O2S/c1-9-24(8,10-2)25(11-3,12-4)28(26,27)20-14-13-15-21-16-18-22(19-17-21)23(5,6)7/h16-19H,9-15,20H2,1-8H3. The Kier molecular flexibility index (Phi) is 8.81. The molecule has 1 aromatic rings. The maximum atomic E-state index is 13.4. The highest BCUT2D eigenvalue weighted by Crippen LogP contribution is 2.48. The van der Waals surface area contributed by atoms with Crippen molar-refractivity contribution in [3.8, 4) is 0 Å². The molecule has 0 saturated carbocycles. The van der Waals surface area contributed by atoms with Crippen LogP contribution in [0.15, 0.2) is 24.3 Å². The van der Waals surface area contributed by atoms with Crippen molar-refractivity contribution in [2.75, 3.05) is 5.75 Å². The largest absolute Gasteiger partial charge is 0.228 e. The fourth-order valence-electron chi connectivity index (χ4n) is 4.80. The topological polar surface area (TPSA) is 34.1 Å². The number of rotatable bonds is 11. The minimum atomic E-state index is -3.15. The Balaban J connectivity index is 2.79. The molecule has 162 valence electrons. The van der Waals surface area contributed by atoms with E-state index in [9.17, 15) is 8.42 Å². The maximum Gasteiger partial charge on any atom is 0.156 e. The molecule has 0 amide bonds. The van der Waals surface area contributed by atoms with Gasteiger partial charge in [0, 0.05) is 0 Å². The molecule has 1 aromatic carbocycles. The third-order valence-electron chi connectivity index (χ3n) is 7.35. The number of hydrogen-bond donors (Lipinski definition) is 0. The van der Waals surface area contributed by atoms with Gasteiger partial charge in [-0.2, -0.15) is 0 Å². The van der Waals surface area contributed by atoms with Crippen LogP contribution >= 0.6 is 0 Å². The normalized spacial score (nSPS) is 13.7. The lowest BCUT2D eigenvalue weighted by Crippen LogP contribution is -2.52. The van der Waals surface area contributed by atoms with Gasteiger partial charge in [-0.15, -0.1) is 0 Å². The summed E-state index contributed by atoms with van der Waals surface area (Å²) in [6.45, 7) is 17.2. The van der Waals surface area contributed by atoms with Gasteiger partial charge in [0.25, 0.3) is 0 Å². The van der Waals surface area contributed by atoms with E-state index in [0.717, 1.165) is 32.1 Å². The summed E-state index contributed by atoms with van der Waals surface area (Å²) < 4.78 is 26.3. The Hall–Kier alpha value is -0.830. The van der Waals surface area contributed by atoms with E-state index in [0.29, 0.717) is 18.6 Å². The highest BCUT2D eigenvalue weighted by molar-refractivity contribution is 7.92. The van der Waals surface area contributed by atoms with E-state index in [1.807, 2.05) is 0 Å². The molecule has 0 spiro atoms. The van der Waals surface area contributed by atoms with Crippen LogP contribution in [-0.4, -0.2) is 18.9 Å². The summed E-state index contributed by atoms with van der Waals surface area (Å²) in [6.07, 6.45) is 5.84. The Morgan fingerprint density at radius 2 is 1.25 bits per heavy atom. The highest BCUT2D eigenvalue weighted by atomic mass is 32.2. The van der Waals surface area contributed by atoms with E-state index < -0.39 is 14.6 Å². The Bertz CT molecular complexity index is 685. The van der Waals surface area contributed by atoms with Crippen LogP contribution in [0.2, 0.25) is 0 Å². The average molecular weight is 409 g/mol. The van der Waals surface area contributed by atoms with E-state index in [1.165, 1.54) is 11.1 Å². The van der Waals surface area contributed by atoms with Crippen molar-refractivity contribution in [1.29, 1.82) is 0 Å². The lowest BCUT2D eigenvalue weighted by Gasteiger charge is -2.47. The summed E-state index contributed by atoms with van der Waals surface area (Å²) in [7, 11) is -3.15. The second kappa shape index (κ2) is 9.78. The van der Waals surface area contributed by atoms with Crippen molar-refractivity contribution in [3.63, 3.8) is 0 Å². The van der Waals surface area contributed by atoms with Gasteiger partial charge in [0.1, 0.15) is 0 Å². The smallest absolute Gasteiger partial charge is 0.156 e. The molecule has 0 bridgehead atoms. The van der Waals surface area contributed by atoms with E-state index in [2.05, 4.69) is 79.7 Å². The molecule has 0 aliphatic rings. The molecule has 28 heavy (non-hydrogen) atoms. The molecule has 0 aliphatic carbocycles. The Morgan fingerprint density at radius 3 is 1.64 bits per heavy atom. The van der Waals surface area contributed by atoms with Crippen molar-refractivity contribution in [3.05, 3.63) is 35.4 Å². The van der Waals surface area contributed by atoms with Gasteiger partial charge in [-0.25, -0.2) is 8.42 Å². The van der Waals surface area contributed by atoms with Gasteiger partial charge in [0.2, 0.25) is 0 Å². The second-order valence-corrected chi connectivity index (χ2v) is 12.1. The van der Waals surface area contributed by atoms with Crippen LogP contribution in [0.5, 0.6) is 0 Å². The predicted octanol–water partition coefficient (Wildman–Crippen LogP) is 7.11. The van der Waals surface area contributed by atoms with Crippen LogP contribution in [0.3, 0.4) is 0 Å². The zero-order valence-corrected chi connectivity index (χ0v) is 20.5. The van der Waals surface area contributed by atoms with Crippen LogP contribution in [0, 0.1) is 5.41 Å². The molecule has 0 fully saturated rings. The molecule has 3 heteroatoms. The van der Waals surface area contributed by atoms with E-state index >= 15 is 0 Å². The van der Waals surface area contributed by atoms with Gasteiger partial charge < -0.3 is 0 Å². The summed E-state index contributed by atoms with van der Waals surface area (Å²) >= 11 is 0. The van der Waals surface area contributed by atoms with E-state index in [4.69, 9.17) is 0 Å². The van der Waals surface area contributed by atoms with E-state index in [1.54, 1.807) is 0 Å². The Morgan fingerprint density at radius 1 is 0.750 bits per heavy atom. The minimum absolute atomic E-state index is 0.155. The molecule has 0 saturated heterocycles. The van der Waals surface area contributed by atoms with Crippen LogP contribution in [0.4, 0.5) is 0 Å². The monoisotopic (exact) mass is 408 g/mol. The molecular formula is C25H44O2S. The van der Waals surface area contributed by atoms with Gasteiger partial charge >= 0.3 is 0 Å². The molecule has 1 rings (SSSR count). The van der Waals surface area contributed by atoms with Crippen molar-refractivity contribution in [2.24, 2.45) is 5.41 Å². The molecule has 0 N–H and O–H groups in total. The van der Waals surface area contributed by atoms with Gasteiger partial charge in [-0.05, 0) is 66.9 Å². The lowest BCUT2D eigenvalue weighted by molar-refractivity contribution is 0.179. The number of sulfone groups is 1. The fourth-order valence-corrected chi connectivity index (χ4v) is 7.70. The summed E-state index contributed by atoms with van der Waals surface area (Å²) in [5.74, 6) is 0.310. The summed E-state index contributed by atoms with van der Waals surface area (Å²) in [5.41, 5.74) is 2.65. The van der Waals surface area contributed by atoms with Crippen LogP contribution in [-0.2, 0) is 21.7 Å². The van der Waals surface area contributed by atoms with Crippen LogP contribution in [0.25, 0.3) is 0 Å². The number of unbranched alkanes of at least 4 members (excludes halogenated alkanes) is 1. The first-order chi connectivity index (χ1) is 12.9. The molecule has 0 unspecified atom stereocenters. The quantitative estimate of drug-likeness (QED) is 0.366. The third-order valence-corrected chi connectivity index (χ3v) is 10.4. The van der Waals surface area contributed by atoms with Gasteiger partial charge in [0.15, 0.2) is 9.84 Å². The van der Waals surface area contributed by atoms with Crippen molar-refractivity contribution >= 4 is 9.84 Å². The first-order valence-electron chi connectivity index (χ1n) is 11.2. The maximum absolute atomic E-state index is 13.4.